The molecule has 0 spiro atoms. The average Bonchev–Trinajstić information content (AvgIpc) is 2.89. The van der Waals surface area contributed by atoms with Crippen LogP contribution in [-0.4, -0.2) is 21.5 Å². The number of hydrogen-bond acceptors (Lipinski definition) is 5. The predicted octanol–water partition coefficient (Wildman–Crippen LogP) is 2.98. The summed E-state index contributed by atoms with van der Waals surface area (Å²) in [4.78, 5) is 14.1. The van der Waals surface area contributed by atoms with E-state index >= 15 is 0 Å². The van der Waals surface area contributed by atoms with E-state index in [9.17, 15) is 0 Å². The van der Waals surface area contributed by atoms with Gasteiger partial charge in [-0.25, -0.2) is 9.97 Å². The van der Waals surface area contributed by atoms with Crippen molar-refractivity contribution in [2.75, 3.05) is 11.9 Å². The summed E-state index contributed by atoms with van der Waals surface area (Å²) in [5, 5.41) is 3.30. The van der Waals surface area contributed by atoms with Gasteiger partial charge >= 0.3 is 0 Å². The molecule has 90 valence electrons. The van der Waals surface area contributed by atoms with Gasteiger partial charge in [-0.2, -0.15) is 0 Å². The maximum absolute atomic E-state index is 4.52. The summed E-state index contributed by atoms with van der Waals surface area (Å²) in [6.07, 6.45) is 3.81. The summed E-state index contributed by atoms with van der Waals surface area (Å²) < 4.78 is 0. The van der Waals surface area contributed by atoms with Crippen molar-refractivity contribution in [3.8, 4) is 10.7 Å². The molecular weight excluding hydrogens is 232 g/mol. The Bertz CT molecular complexity index is 467. The molecule has 4 nitrogen and oxygen atoms in total. The van der Waals surface area contributed by atoms with E-state index in [-0.39, 0.29) is 0 Å². The Balaban J connectivity index is 2.32. The Morgan fingerprint density at radius 3 is 2.82 bits per heavy atom. The Morgan fingerprint density at radius 2 is 2.18 bits per heavy atom. The summed E-state index contributed by atoms with van der Waals surface area (Å²) in [7, 11) is 0. The van der Waals surface area contributed by atoms with Gasteiger partial charge in [-0.15, -0.1) is 11.3 Å². The molecule has 1 N–H and O–H groups in total. The molecule has 17 heavy (non-hydrogen) atoms. The van der Waals surface area contributed by atoms with E-state index in [0.717, 1.165) is 41.6 Å². The molecule has 0 unspecified atom stereocenters. The largest absolute Gasteiger partial charge is 0.370 e. The third-order valence-corrected chi connectivity index (χ3v) is 3.12. The Hall–Kier alpha value is -1.49. The van der Waals surface area contributed by atoms with Crippen LogP contribution in [0, 0.1) is 0 Å². The van der Waals surface area contributed by atoms with Gasteiger partial charge in [-0.05, 0) is 12.8 Å². The van der Waals surface area contributed by atoms with Gasteiger partial charge in [0.05, 0.1) is 10.4 Å². The van der Waals surface area contributed by atoms with E-state index in [0.29, 0.717) is 0 Å². The first-order valence-electron chi connectivity index (χ1n) is 5.84. The molecule has 0 aliphatic heterocycles. The molecule has 0 bridgehead atoms. The van der Waals surface area contributed by atoms with Gasteiger partial charge in [0.2, 0.25) is 0 Å². The predicted molar refractivity (Wildman–Crippen MR) is 71.3 cm³/mol. The summed E-state index contributed by atoms with van der Waals surface area (Å²) in [5.74, 6) is 1.67. The van der Waals surface area contributed by atoms with E-state index in [1.165, 1.54) is 0 Å². The molecule has 0 saturated heterocycles. The van der Waals surface area contributed by atoms with E-state index < -0.39 is 0 Å². The lowest BCUT2D eigenvalue weighted by Gasteiger charge is -2.07. The summed E-state index contributed by atoms with van der Waals surface area (Å²) in [5.41, 5.74) is 2.86. The van der Waals surface area contributed by atoms with Crippen LogP contribution in [-0.2, 0) is 6.42 Å². The monoisotopic (exact) mass is 248 g/mol. The van der Waals surface area contributed by atoms with Gasteiger partial charge in [0.1, 0.15) is 5.82 Å². The molecule has 0 aliphatic carbocycles. The van der Waals surface area contributed by atoms with Gasteiger partial charge in [-0.3, -0.25) is 4.98 Å². The van der Waals surface area contributed by atoms with Crippen LogP contribution in [0.3, 0.4) is 0 Å². The zero-order chi connectivity index (χ0) is 12.1. The molecule has 2 aromatic rings. The van der Waals surface area contributed by atoms with Crippen molar-refractivity contribution in [3.05, 3.63) is 23.5 Å². The second-order valence-corrected chi connectivity index (χ2v) is 4.60. The molecule has 0 fully saturated rings. The number of aryl methyl sites for hydroxylation is 1. The highest BCUT2D eigenvalue weighted by Gasteiger charge is 2.07. The molecular formula is C12H16N4S. The van der Waals surface area contributed by atoms with Crippen LogP contribution < -0.4 is 5.32 Å². The van der Waals surface area contributed by atoms with E-state index in [2.05, 4.69) is 34.1 Å². The molecule has 5 heteroatoms. The third-order valence-electron chi connectivity index (χ3n) is 2.35. The normalized spacial score (nSPS) is 10.5. The minimum absolute atomic E-state index is 0.769. The van der Waals surface area contributed by atoms with E-state index in [1.807, 2.05) is 12.3 Å². The van der Waals surface area contributed by atoms with Crippen LogP contribution in [0.2, 0.25) is 0 Å². The zero-order valence-electron chi connectivity index (χ0n) is 10.1. The number of hydrogen-bond donors (Lipinski definition) is 1. The quantitative estimate of drug-likeness (QED) is 0.883. The highest BCUT2D eigenvalue weighted by molar-refractivity contribution is 7.13. The zero-order valence-corrected chi connectivity index (χ0v) is 10.9. The van der Waals surface area contributed by atoms with Gasteiger partial charge in [0.25, 0.3) is 0 Å². The van der Waals surface area contributed by atoms with Crippen molar-refractivity contribution in [2.24, 2.45) is 0 Å². The fourth-order valence-corrected chi connectivity index (χ4v) is 2.01. The minimum atomic E-state index is 0.769. The van der Waals surface area contributed by atoms with E-state index in [4.69, 9.17) is 0 Å². The van der Waals surface area contributed by atoms with Crippen molar-refractivity contribution in [2.45, 2.75) is 26.7 Å². The lowest BCUT2D eigenvalue weighted by atomic mass is 10.3. The van der Waals surface area contributed by atoms with Crippen LogP contribution in [0.1, 0.15) is 26.0 Å². The van der Waals surface area contributed by atoms with Crippen LogP contribution in [0.5, 0.6) is 0 Å². The smallest absolute Gasteiger partial charge is 0.173 e. The fraction of sp³-hybridized carbons (Fsp3) is 0.417. The molecule has 2 rings (SSSR count). The van der Waals surface area contributed by atoms with Gasteiger partial charge < -0.3 is 5.32 Å². The van der Waals surface area contributed by atoms with Crippen LogP contribution >= 0.6 is 11.3 Å². The standard InChI is InChI=1S/C12H16N4S/c1-3-5-14-11-6-9(4-2)15-12(16-11)10-7-13-8-17-10/h6-8H,3-5H2,1-2H3,(H,14,15,16). The average molecular weight is 248 g/mol. The van der Waals surface area contributed by atoms with Crippen molar-refractivity contribution < 1.29 is 0 Å². The first-order valence-corrected chi connectivity index (χ1v) is 6.72. The Kier molecular flexibility index (Phi) is 4.03. The fourth-order valence-electron chi connectivity index (χ4n) is 1.46. The number of rotatable bonds is 5. The first-order chi connectivity index (χ1) is 8.33. The van der Waals surface area contributed by atoms with E-state index in [1.54, 1.807) is 16.8 Å². The Labute approximate surface area is 105 Å². The van der Waals surface area contributed by atoms with Crippen LogP contribution in [0.25, 0.3) is 10.7 Å². The molecule has 0 radical (unpaired) electrons. The van der Waals surface area contributed by atoms with Crippen molar-refractivity contribution in [1.82, 2.24) is 15.0 Å². The van der Waals surface area contributed by atoms with Crippen molar-refractivity contribution in [1.29, 1.82) is 0 Å². The molecule has 2 heterocycles. The SMILES string of the molecule is CCCNc1cc(CC)nc(-c2cncs2)n1. The molecule has 0 atom stereocenters. The second kappa shape index (κ2) is 5.72. The lowest BCUT2D eigenvalue weighted by Crippen LogP contribution is -2.05. The summed E-state index contributed by atoms with van der Waals surface area (Å²) >= 11 is 1.56. The molecule has 0 amide bonds. The van der Waals surface area contributed by atoms with Crippen molar-refractivity contribution >= 4 is 17.2 Å². The Morgan fingerprint density at radius 1 is 1.29 bits per heavy atom. The number of aromatic nitrogens is 3. The summed E-state index contributed by atoms with van der Waals surface area (Å²) in [6, 6.07) is 2.01. The highest BCUT2D eigenvalue weighted by Crippen LogP contribution is 2.21. The summed E-state index contributed by atoms with van der Waals surface area (Å²) in [6.45, 7) is 5.17. The lowest BCUT2D eigenvalue weighted by molar-refractivity contribution is 0.952. The molecule has 0 saturated carbocycles. The minimum Gasteiger partial charge on any atom is -0.370 e. The number of nitrogens with zero attached hydrogens (tertiary/aromatic N) is 3. The number of anilines is 1. The van der Waals surface area contributed by atoms with Crippen LogP contribution in [0.4, 0.5) is 5.82 Å². The number of nitrogens with one attached hydrogen (secondary N) is 1. The van der Waals surface area contributed by atoms with Crippen molar-refractivity contribution in [3.63, 3.8) is 0 Å². The topological polar surface area (TPSA) is 50.7 Å². The van der Waals surface area contributed by atoms with Gasteiger partial charge in [0.15, 0.2) is 5.82 Å². The maximum atomic E-state index is 4.52. The van der Waals surface area contributed by atoms with Gasteiger partial charge in [0, 0.05) is 24.5 Å². The molecule has 0 aliphatic rings. The highest BCUT2D eigenvalue weighted by atomic mass is 32.1. The molecule has 0 aromatic carbocycles. The van der Waals surface area contributed by atoms with Crippen LogP contribution in [0.15, 0.2) is 17.8 Å². The maximum Gasteiger partial charge on any atom is 0.173 e. The number of thiazole rings is 1. The third kappa shape index (κ3) is 3.00. The first kappa shape index (κ1) is 12.0. The van der Waals surface area contributed by atoms with Gasteiger partial charge in [-0.1, -0.05) is 13.8 Å². The molecule has 2 aromatic heterocycles. The second-order valence-electron chi connectivity index (χ2n) is 3.71.